The average Bonchev–Trinajstić information content (AvgIpc) is 2.82. The molecule has 7 heteroatoms. The molecule has 0 unspecified atom stereocenters. The Morgan fingerprint density at radius 2 is 2.04 bits per heavy atom. The molecule has 2 aromatic carbocycles. The van der Waals surface area contributed by atoms with E-state index in [4.69, 9.17) is 21.7 Å². The monoisotopic (exact) mass is 418 g/mol. The second kappa shape index (κ2) is 8.38. The zero-order valence-electron chi connectivity index (χ0n) is 13.3. The van der Waals surface area contributed by atoms with Gasteiger partial charge in [-0.15, -0.1) is 11.6 Å². The topological polar surface area (TPSA) is 69.3 Å². The Labute approximate surface area is 159 Å². The van der Waals surface area contributed by atoms with E-state index < -0.39 is 0 Å². The van der Waals surface area contributed by atoms with Gasteiger partial charge in [-0.2, -0.15) is 5.10 Å². The highest BCUT2D eigenvalue weighted by Gasteiger charge is 2.16. The SMILES string of the molecule is OCC(CCl)=NNC1=Nc2ccc(Br)cc2C(c2ccccc2)=NC1. The lowest BCUT2D eigenvalue weighted by Crippen LogP contribution is -2.24. The molecule has 1 heterocycles. The third kappa shape index (κ3) is 4.34. The van der Waals surface area contributed by atoms with Crippen LogP contribution in [0.2, 0.25) is 0 Å². The smallest absolute Gasteiger partial charge is 0.144 e. The molecule has 1 aliphatic heterocycles. The molecule has 0 saturated heterocycles. The number of aliphatic hydroxyl groups is 1. The van der Waals surface area contributed by atoms with Crippen molar-refractivity contribution >= 4 is 50.5 Å². The van der Waals surface area contributed by atoms with Gasteiger partial charge in [0, 0.05) is 15.6 Å². The zero-order chi connectivity index (χ0) is 17.6. The van der Waals surface area contributed by atoms with Crippen molar-refractivity contribution in [3.05, 3.63) is 64.1 Å². The van der Waals surface area contributed by atoms with Gasteiger partial charge >= 0.3 is 0 Å². The van der Waals surface area contributed by atoms with Crippen molar-refractivity contribution in [2.75, 3.05) is 19.0 Å². The maximum Gasteiger partial charge on any atom is 0.144 e. The van der Waals surface area contributed by atoms with Gasteiger partial charge in [0.15, 0.2) is 0 Å². The predicted octanol–water partition coefficient (Wildman–Crippen LogP) is 3.51. The fourth-order valence-corrected chi connectivity index (χ4v) is 2.87. The predicted molar refractivity (Wildman–Crippen MR) is 107 cm³/mol. The standard InChI is InChI=1S/C18H16BrClN4O/c19-13-6-7-16-15(8-13)18(12-4-2-1-3-5-12)21-10-17(22-16)24-23-14(9-20)11-25/h1-8,25H,9-11H2,(H,22,24). The van der Waals surface area contributed by atoms with Gasteiger partial charge in [0.2, 0.25) is 0 Å². The third-order valence-corrected chi connectivity index (χ3v) is 4.38. The van der Waals surface area contributed by atoms with E-state index in [1.807, 2.05) is 48.5 Å². The lowest BCUT2D eigenvalue weighted by Gasteiger charge is -2.08. The maximum atomic E-state index is 9.16. The van der Waals surface area contributed by atoms with Gasteiger partial charge in [0.05, 0.1) is 36.1 Å². The fraction of sp³-hybridized carbons (Fsp3) is 0.167. The second-order valence-electron chi connectivity index (χ2n) is 5.33. The summed E-state index contributed by atoms with van der Waals surface area (Å²) in [6.07, 6.45) is 0. The minimum Gasteiger partial charge on any atom is -0.390 e. The lowest BCUT2D eigenvalue weighted by molar-refractivity contribution is 0.356. The molecule has 2 aromatic rings. The van der Waals surface area contributed by atoms with E-state index in [0.29, 0.717) is 18.1 Å². The van der Waals surface area contributed by atoms with Crippen LogP contribution in [0.4, 0.5) is 5.69 Å². The highest BCUT2D eigenvalue weighted by atomic mass is 79.9. The van der Waals surface area contributed by atoms with Gasteiger partial charge in [-0.05, 0) is 18.2 Å². The van der Waals surface area contributed by atoms with Crippen LogP contribution in [0.5, 0.6) is 0 Å². The van der Waals surface area contributed by atoms with Crippen molar-refractivity contribution in [3.8, 4) is 0 Å². The van der Waals surface area contributed by atoms with E-state index in [-0.39, 0.29) is 12.5 Å². The first kappa shape index (κ1) is 17.8. The van der Waals surface area contributed by atoms with Crippen molar-refractivity contribution in [2.24, 2.45) is 15.1 Å². The summed E-state index contributed by atoms with van der Waals surface area (Å²) in [4.78, 5) is 9.36. The quantitative estimate of drug-likeness (QED) is 0.452. The lowest BCUT2D eigenvalue weighted by atomic mass is 10.0. The molecule has 5 nitrogen and oxygen atoms in total. The molecule has 0 spiro atoms. The molecular formula is C18H16BrClN4O. The molecule has 0 radical (unpaired) electrons. The van der Waals surface area contributed by atoms with E-state index in [1.54, 1.807) is 0 Å². The van der Waals surface area contributed by atoms with Crippen molar-refractivity contribution in [1.82, 2.24) is 5.43 Å². The first-order valence-corrected chi connectivity index (χ1v) is 8.99. The Hall–Kier alpha value is -2.02. The average molecular weight is 420 g/mol. The highest BCUT2D eigenvalue weighted by Crippen LogP contribution is 2.28. The van der Waals surface area contributed by atoms with Gasteiger partial charge in [-0.25, -0.2) is 4.99 Å². The maximum absolute atomic E-state index is 9.16. The molecule has 128 valence electrons. The summed E-state index contributed by atoms with van der Waals surface area (Å²) in [6.45, 7) is 0.146. The van der Waals surface area contributed by atoms with Crippen molar-refractivity contribution in [2.45, 2.75) is 0 Å². The van der Waals surface area contributed by atoms with E-state index in [1.165, 1.54) is 0 Å². The molecule has 0 amide bonds. The molecule has 2 N–H and O–H groups in total. The number of nitrogens with one attached hydrogen (secondary N) is 1. The Bertz CT molecular complexity index is 843. The summed E-state index contributed by atoms with van der Waals surface area (Å²) < 4.78 is 0.962. The Morgan fingerprint density at radius 3 is 2.76 bits per heavy atom. The molecule has 0 aromatic heterocycles. The third-order valence-electron chi connectivity index (χ3n) is 3.58. The van der Waals surface area contributed by atoms with Gasteiger partial charge in [0.1, 0.15) is 5.84 Å². The van der Waals surface area contributed by atoms with E-state index >= 15 is 0 Å². The minimum absolute atomic E-state index is 0.152. The Morgan fingerprint density at radius 1 is 1.24 bits per heavy atom. The first-order chi connectivity index (χ1) is 12.2. The normalized spacial score (nSPS) is 14.3. The van der Waals surface area contributed by atoms with Crippen LogP contribution in [0, 0.1) is 0 Å². The molecule has 0 atom stereocenters. The number of alkyl halides is 1. The van der Waals surface area contributed by atoms with Crippen molar-refractivity contribution < 1.29 is 5.11 Å². The molecule has 0 fully saturated rings. The number of hydrogen-bond acceptors (Lipinski definition) is 5. The fourth-order valence-electron chi connectivity index (χ4n) is 2.37. The molecule has 0 aliphatic carbocycles. The molecule has 0 bridgehead atoms. The number of aliphatic hydroxyl groups excluding tert-OH is 1. The first-order valence-electron chi connectivity index (χ1n) is 7.67. The molecule has 0 saturated carbocycles. The molecule has 1 aliphatic rings. The van der Waals surface area contributed by atoms with Crippen molar-refractivity contribution in [3.63, 3.8) is 0 Å². The summed E-state index contributed by atoms with van der Waals surface area (Å²) in [7, 11) is 0. The second-order valence-corrected chi connectivity index (χ2v) is 6.52. The summed E-state index contributed by atoms with van der Waals surface area (Å²) in [6, 6.07) is 15.9. The highest BCUT2D eigenvalue weighted by molar-refractivity contribution is 9.10. The number of benzene rings is 2. The largest absolute Gasteiger partial charge is 0.390 e. The van der Waals surface area contributed by atoms with Crippen LogP contribution in [0.15, 0.2) is 68.1 Å². The van der Waals surface area contributed by atoms with Crippen LogP contribution in [-0.2, 0) is 0 Å². The zero-order valence-corrected chi connectivity index (χ0v) is 15.6. The number of nitrogens with zero attached hydrogens (tertiary/aromatic N) is 3. The number of hydrazone groups is 1. The van der Waals surface area contributed by atoms with E-state index in [2.05, 4.69) is 31.4 Å². The van der Waals surface area contributed by atoms with Crippen LogP contribution in [0.25, 0.3) is 0 Å². The number of hydrogen-bond donors (Lipinski definition) is 2. The van der Waals surface area contributed by atoms with Crippen LogP contribution < -0.4 is 5.43 Å². The number of amidine groups is 1. The van der Waals surface area contributed by atoms with E-state index in [9.17, 15) is 0 Å². The van der Waals surface area contributed by atoms with E-state index in [0.717, 1.165) is 27.0 Å². The van der Waals surface area contributed by atoms with Crippen LogP contribution >= 0.6 is 27.5 Å². The molecular weight excluding hydrogens is 404 g/mol. The Kier molecular flexibility index (Phi) is 5.96. The number of aliphatic imine (C=N–C) groups is 2. The summed E-state index contributed by atoms with van der Waals surface area (Å²) in [5.74, 6) is 0.740. The van der Waals surface area contributed by atoms with Crippen molar-refractivity contribution in [1.29, 1.82) is 0 Å². The van der Waals surface area contributed by atoms with Gasteiger partial charge < -0.3 is 5.11 Å². The van der Waals surface area contributed by atoms with Crippen LogP contribution in [0.3, 0.4) is 0 Å². The van der Waals surface area contributed by atoms with Crippen LogP contribution in [0.1, 0.15) is 11.1 Å². The van der Waals surface area contributed by atoms with Gasteiger partial charge in [-0.3, -0.25) is 10.4 Å². The number of halogens is 2. The number of rotatable bonds is 4. The Balaban J connectivity index is 2.01. The molecule has 25 heavy (non-hydrogen) atoms. The molecule has 3 rings (SSSR count). The van der Waals surface area contributed by atoms with Gasteiger partial charge in [-0.1, -0.05) is 46.3 Å². The van der Waals surface area contributed by atoms with Gasteiger partial charge in [0.25, 0.3) is 0 Å². The number of fused-ring (bicyclic) bond motifs is 1. The summed E-state index contributed by atoms with van der Waals surface area (Å²) >= 11 is 9.23. The summed E-state index contributed by atoms with van der Waals surface area (Å²) in [5.41, 5.74) is 6.96. The van der Waals surface area contributed by atoms with Crippen LogP contribution in [-0.4, -0.2) is 41.4 Å². The summed E-state index contributed by atoms with van der Waals surface area (Å²) in [5, 5.41) is 13.3. The minimum atomic E-state index is -0.203.